The highest BCUT2D eigenvalue weighted by atomic mass is 32.2. The lowest BCUT2D eigenvalue weighted by Gasteiger charge is -2.39. The maximum atomic E-state index is 13.0. The van der Waals surface area contributed by atoms with E-state index in [-0.39, 0.29) is 11.9 Å². The van der Waals surface area contributed by atoms with Crippen LogP contribution in [0.4, 0.5) is 0 Å². The molecule has 1 N–H and O–H groups in total. The second-order valence-corrected chi connectivity index (χ2v) is 10.2. The quantitative estimate of drug-likeness (QED) is 0.808. The van der Waals surface area contributed by atoms with Crippen molar-refractivity contribution in [3.63, 3.8) is 0 Å². The summed E-state index contributed by atoms with van der Waals surface area (Å²) in [5, 5.41) is 0. The van der Waals surface area contributed by atoms with E-state index in [0.29, 0.717) is 42.9 Å². The van der Waals surface area contributed by atoms with Crippen molar-refractivity contribution in [2.75, 3.05) is 39.3 Å². The molecule has 0 radical (unpaired) electrons. The molecule has 2 heterocycles. The number of benzene rings is 1. The smallest absolute Gasteiger partial charge is 0.280 e. The van der Waals surface area contributed by atoms with Gasteiger partial charge in [0.25, 0.3) is 5.91 Å². The van der Waals surface area contributed by atoms with E-state index in [1.54, 1.807) is 28.6 Å². The first-order chi connectivity index (χ1) is 12.8. The fraction of sp³-hybridized carbons (Fsp3) is 0.650. The van der Waals surface area contributed by atoms with Crippen LogP contribution in [0.25, 0.3) is 0 Å². The highest BCUT2D eigenvalue weighted by Crippen LogP contribution is 2.21. The molecular formula is C20H32N3O3S+. The van der Waals surface area contributed by atoms with Crippen molar-refractivity contribution < 1.29 is 18.1 Å². The van der Waals surface area contributed by atoms with E-state index in [1.165, 1.54) is 11.3 Å². The molecule has 2 aliphatic heterocycles. The zero-order valence-corrected chi connectivity index (χ0v) is 17.4. The Kier molecular flexibility index (Phi) is 6.23. The number of amides is 1. The van der Waals surface area contributed by atoms with Gasteiger partial charge in [-0.2, -0.15) is 4.31 Å². The number of quaternary nitrogens is 1. The molecular weight excluding hydrogens is 362 g/mol. The van der Waals surface area contributed by atoms with Crippen LogP contribution < -0.4 is 4.90 Å². The lowest BCUT2D eigenvalue weighted by molar-refractivity contribution is -0.918. The summed E-state index contributed by atoms with van der Waals surface area (Å²) >= 11 is 0. The van der Waals surface area contributed by atoms with E-state index in [2.05, 4.69) is 13.8 Å². The normalized spacial score (nSPS) is 26.7. The molecule has 0 aliphatic carbocycles. The number of hydrogen-bond acceptors (Lipinski definition) is 3. The average molecular weight is 395 g/mol. The summed E-state index contributed by atoms with van der Waals surface area (Å²) in [7, 11) is -3.44. The molecule has 150 valence electrons. The first-order valence-corrected chi connectivity index (χ1v) is 11.4. The van der Waals surface area contributed by atoms with Crippen molar-refractivity contribution in [2.24, 2.45) is 11.8 Å². The summed E-state index contributed by atoms with van der Waals surface area (Å²) in [5.41, 5.74) is 0. The summed E-state index contributed by atoms with van der Waals surface area (Å²) in [4.78, 5) is 16.5. The Bertz CT molecular complexity index is 735. The fourth-order valence-corrected chi connectivity index (χ4v) is 5.94. The Labute approximate surface area is 163 Å². The lowest BCUT2D eigenvalue weighted by Crippen LogP contribution is -3.19. The highest BCUT2D eigenvalue weighted by Gasteiger charge is 2.37. The number of carbonyl (C=O) groups excluding carboxylic acids is 1. The van der Waals surface area contributed by atoms with Gasteiger partial charge >= 0.3 is 0 Å². The molecule has 7 heteroatoms. The van der Waals surface area contributed by atoms with E-state index in [0.717, 1.165) is 13.1 Å². The number of hydrogen-bond donors (Lipinski definition) is 1. The number of carbonyl (C=O) groups is 1. The number of rotatable bonds is 4. The lowest BCUT2D eigenvalue weighted by atomic mass is 9.91. The SMILES string of the molecule is C[C@@H]1C[C@H](C)CN(C(=O)[C@@H](C)[NH+]2CCN(S(=O)(=O)c3ccccc3)CC2)C1. The van der Waals surface area contributed by atoms with E-state index in [1.807, 2.05) is 17.9 Å². The molecule has 1 aromatic carbocycles. The van der Waals surface area contributed by atoms with Crippen LogP contribution in [0.15, 0.2) is 35.2 Å². The number of nitrogens with one attached hydrogen (secondary N) is 1. The van der Waals surface area contributed by atoms with Crippen molar-refractivity contribution >= 4 is 15.9 Å². The third-order valence-electron chi connectivity index (χ3n) is 5.91. The van der Waals surface area contributed by atoms with Crippen molar-refractivity contribution in [3.05, 3.63) is 30.3 Å². The number of likely N-dealkylation sites (tertiary alicyclic amines) is 1. The van der Waals surface area contributed by atoms with Crippen molar-refractivity contribution in [1.82, 2.24) is 9.21 Å². The standard InChI is InChI=1S/C20H31N3O3S/c1-16-13-17(2)15-22(14-16)20(24)18(3)21-9-11-23(12-10-21)27(25,26)19-7-5-4-6-8-19/h4-8,16-18H,9-15H2,1-3H3/p+1/t16-,17+,18-/m1/s1. The monoisotopic (exact) mass is 394 g/mol. The van der Waals surface area contributed by atoms with Gasteiger partial charge in [0.15, 0.2) is 6.04 Å². The maximum absolute atomic E-state index is 13.0. The van der Waals surface area contributed by atoms with Gasteiger partial charge in [-0.3, -0.25) is 4.79 Å². The average Bonchev–Trinajstić information content (AvgIpc) is 2.67. The summed E-state index contributed by atoms with van der Waals surface area (Å²) in [6.07, 6.45) is 1.18. The van der Waals surface area contributed by atoms with Crippen LogP contribution in [-0.4, -0.2) is 68.8 Å². The van der Waals surface area contributed by atoms with Crippen LogP contribution in [0, 0.1) is 11.8 Å². The molecule has 0 bridgehead atoms. The molecule has 0 spiro atoms. The first-order valence-electron chi connectivity index (χ1n) is 9.97. The van der Waals surface area contributed by atoms with Gasteiger partial charge < -0.3 is 9.80 Å². The highest BCUT2D eigenvalue weighted by molar-refractivity contribution is 7.89. The van der Waals surface area contributed by atoms with Gasteiger partial charge in [0.2, 0.25) is 10.0 Å². The predicted molar refractivity (Wildman–Crippen MR) is 105 cm³/mol. The van der Waals surface area contributed by atoms with Crippen molar-refractivity contribution in [2.45, 2.75) is 38.1 Å². The van der Waals surface area contributed by atoms with Gasteiger partial charge in [0.1, 0.15) is 0 Å². The Balaban J connectivity index is 1.59. The molecule has 2 aliphatic rings. The van der Waals surface area contributed by atoms with Crippen LogP contribution in [0.5, 0.6) is 0 Å². The molecule has 2 saturated heterocycles. The molecule has 1 amide bonds. The van der Waals surface area contributed by atoms with Crippen LogP contribution in [0.3, 0.4) is 0 Å². The topological polar surface area (TPSA) is 62.1 Å². The predicted octanol–water partition coefficient (Wildman–Crippen LogP) is 0.469. The molecule has 2 fully saturated rings. The molecule has 6 nitrogen and oxygen atoms in total. The third-order valence-corrected chi connectivity index (χ3v) is 7.82. The number of nitrogens with zero attached hydrogens (tertiary/aromatic N) is 2. The summed E-state index contributed by atoms with van der Waals surface area (Å²) in [6, 6.07) is 8.46. The largest absolute Gasteiger partial charge is 0.337 e. The van der Waals surface area contributed by atoms with Gasteiger partial charge in [-0.25, -0.2) is 8.42 Å². The van der Waals surface area contributed by atoms with E-state index < -0.39 is 10.0 Å². The summed E-state index contributed by atoms with van der Waals surface area (Å²) < 4.78 is 27.1. The van der Waals surface area contributed by atoms with Crippen LogP contribution in [0.1, 0.15) is 27.2 Å². The zero-order chi connectivity index (χ0) is 19.6. The first kappa shape index (κ1) is 20.3. The van der Waals surface area contributed by atoms with Gasteiger partial charge in [0, 0.05) is 13.1 Å². The number of piperazine rings is 1. The van der Waals surface area contributed by atoms with Gasteiger partial charge in [0.05, 0.1) is 31.1 Å². The van der Waals surface area contributed by atoms with Gasteiger partial charge in [-0.05, 0) is 37.3 Å². The zero-order valence-electron chi connectivity index (χ0n) is 16.6. The Hall–Kier alpha value is -1.44. The minimum absolute atomic E-state index is 0.121. The minimum Gasteiger partial charge on any atom is -0.337 e. The molecule has 0 aromatic heterocycles. The van der Waals surface area contributed by atoms with Crippen molar-refractivity contribution in [3.8, 4) is 0 Å². The fourth-order valence-electron chi connectivity index (χ4n) is 4.48. The molecule has 0 unspecified atom stereocenters. The van der Waals surface area contributed by atoms with Crippen molar-refractivity contribution in [1.29, 1.82) is 0 Å². The molecule has 3 atom stereocenters. The van der Waals surface area contributed by atoms with Crippen LogP contribution >= 0.6 is 0 Å². The van der Waals surface area contributed by atoms with Gasteiger partial charge in [-0.15, -0.1) is 0 Å². The van der Waals surface area contributed by atoms with Crippen LogP contribution in [-0.2, 0) is 14.8 Å². The minimum atomic E-state index is -3.44. The summed E-state index contributed by atoms with van der Waals surface area (Å²) in [5.74, 6) is 1.31. The third kappa shape index (κ3) is 4.52. The summed E-state index contributed by atoms with van der Waals surface area (Å²) in [6.45, 7) is 10.3. The van der Waals surface area contributed by atoms with Crippen LogP contribution in [0.2, 0.25) is 0 Å². The second kappa shape index (κ2) is 8.29. The van der Waals surface area contributed by atoms with E-state index in [9.17, 15) is 13.2 Å². The maximum Gasteiger partial charge on any atom is 0.280 e. The number of sulfonamides is 1. The molecule has 1 aromatic rings. The Morgan fingerprint density at radius 3 is 2.19 bits per heavy atom. The Morgan fingerprint density at radius 1 is 1.07 bits per heavy atom. The number of piperidine rings is 1. The molecule has 0 saturated carbocycles. The Morgan fingerprint density at radius 2 is 1.63 bits per heavy atom. The molecule has 3 rings (SSSR count). The molecule has 27 heavy (non-hydrogen) atoms. The second-order valence-electron chi connectivity index (χ2n) is 8.29. The van der Waals surface area contributed by atoms with Gasteiger partial charge in [-0.1, -0.05) is 32.0 Å². The van der Waals surface area contributed by atoms with E-state index >= 15 is 0 Å². The van der Waals surface area contributed by atoms with E-state index in [4.69, 9.17) is 0 Å².